The Balaban J connectivity index is 2.64. The second-order valence-electron chi connectivity index (χ2n) is 6.66. The quantitative estimate of drug-likeness (QED) is 0.798. The van der Waals surface area contributed by atoms with E-state index in [1.807, 2.05) is 26.0 Å². The minimum absolute atomic E-state index is 0.141. The van der Waals surface area contributed by atoms with Gasteiger partial charge in [-0.25, -0.2) is 0 Å². The van der Waals surface area contributed by atoms with E-state index in [1.54, 1.807) is 0 Å². The molecule has 0 saturated heterocycles. The Morgan fingerprint density at radius 3 is 2.40 bits per heavy atom. The van der Waals surface area contributed by atoms with Crippen LogP contribution in [0.5, 0.6) is 5.75 Å². The highest BCUT2D eigenvalue weighted by Gasteiger charge is 2.24. The molecule has 0 fully saturated rings. The molecule has 0 radical (unpaired) electrons. The number of fused-ring (bicyclic) bond motifs is 1. The number of nitrogens with one attached hydrogen (secondary N) is 1. The fourth-order valence-corrected chi connectivity index (χ4v) is 2.60. The molecule has 0 bridgehead atoms. The Morgan fingerprint density at radius 2 is 1.85 bits per heavy atom. The van der Waals surface area contributed by atoms with Gasteiger partial charge in [0, 0.05) is 6.04 Å². The standard InChI is InChI=1S/C16H24N2OS/c1-10(2)19-13-9-7-8-12-14(13)17-15(20)18(12)11(3)16(4,5)6/h7-11H,1-6H3,(H,17,20). The highest BCUT2D eigenvalue weighted by atomic mass is 32.1. The van der Waals surface area contributed by atoms with Crippen LogP contribution in [0, 0.1) is 10.2 Å². The summed E-state index contributed by atoms with van der Waals surface area (Å²) >= 11 is 5.52. The summed E-state index contributed by atoms with van der Waals surface area (Å²) in [7, 11) is 0. The third-order valence-corrected chi connectivity index (χ3v) is 4.02. The van der Waals surface area contributed by atoms with Crippen molar-refractivity contribution in [3.63, 3.8) is 0 Å². The normalized spacial score (nSPS) is 13.9. The number of H-pyrrole nitrogens is 1. The zero-order chi connectivity index (χ0) is 15.1. The van der Waals surface area contributed by atoms with Gasteiger partial charge < -0.3 is 14.3 Å². The van der Waals surface area contributed by atoms with Crippen molar-refractivity contribution in [1.82, 2.24) is 9.55 Å². The van der Waals surface area contributed by atoms with E-state index in [0.717, 1.165) is 21.6 Å². The molecule has 0 aliphatic carbocycles. The molecule has 1 heterocycles. The lowest BCUT2D eigenvalue weighted by molar-refractivity contribution is 0.245. The fourth-order valence-electron chi connectivity index (χ4n) is 2.25. The van der Waals surface area contributed by atoms with Gasteiger partial charge in [-0.3, -0.25) is 0 Å². The van der Waals surface area contributed by atoms with E-state index in [9.17, 15) is 0 Å². The topological polar surface area (TPSA) is 29.9 Å². The van der Waals surface area contributed by atoms with E-state index in [-0.39, 0.29) is 11.5 Å². The molecule has 1 unspecified atom stereocenters. The van der Waals surface area contributed by atoms with Crippen LogP contribution in [0.1, 0.15) is 47.6 Å². The van der Waals surface area contributed by atoms with Crippen LogP contribution < -0.4 is 4.74 Å². The van der Waals surface area contributed by atoms with Gasteiger partial charge in [-0.1, -0.05) is 26.8 Å². The molecule has 20 heavy (non-hydrogen) atoms. The number of benzene rings is 1. The van der Waals surface area contributed by atoms with E-state index in [0.29, 0.717) is 6.04 Å². The molecular weight excluding hydrogens is 268 g/mol. The lowest BCUT2D eigenvalue weighted by atomic mass is 9.88. The molecule has 0 aliphatic heterocycles. The Hall–Kier alpha value is -1.29. The molecule has 0 spiro atoms. The highest BCUT2D eigenvalue weighted by Crippen LogP contribution is 2.35. The van der Waals surface area contributed by atoms with Gasteiger partial charge in [-0.2, -0.15) is 0 Å². The van der Waals surface area contributed by atoms with E-state index < -0.39 is 0 Å². The van der Waals surface area contributed by atoms with Gasteiger partial charge in [0.25, 0.3) is 0 Å². The van der Waals surface area contributed by atoms with Gasteiger partial charge in [0.05, 0.1) is 11.6 Å². The monoisotopic (exact) mass is 292 g/mol. The number of hydrogen-bond acceptors (Lipinski definition) is 2. The van der Waals surface area contributed by atoms with Crippen molar-refractivity contribution in [3.05, 3.63) is 23.0 Å². The Bertz CT molecular complexity index is 661. The molecule has 0 saturated carbocycles. The zero-order valence-electron chi connectivity index (χ0n) is 13.2. The van der Waals surface area contributed by atoms with E-state index in [2.05, 4.69) is 43.3 Å². The van der Waals surface area contributed by atoms with Crippen LogP contribution in [0.25, 0.3) is 11.0 Å². The Morgan fingerprint density at radius 1 is 1.20 bits per heavy atom. The molecule has 1 aromatic heterocycles. The molecule has 110 valence electrons. The van der Waals surface area contributed by atoms with E-state index in [1.165, 1.54) is 0 Å². The van der Waals surface area contributed by atoms with Gasteiger partial charge >= 0.3 is 0 Å². The minimum atomic E-state index is 0.141. The lowest BCUT2D eigenvalue weighted by Crippen LogP contribution is -2.21. The van der Waals surface area contributed by atoms with E-state index in [4.69, 9.17) is 17.0 Å². The van der Waals surface area contributed by atoms with Crippen LogP contribution in [0.2, 0.25) is 0 Å². The predicted molar refractivity (Wildman–Crippen MR) is 87.1 cm³/mol. The first-order valence-electron chi connectivity index (χ1n) is 7.11. The maximum Gasteiger partial charge on any atom is 0.178 e. The van der Waals surface area contributed by atoms with Crippen molar-refractivity contribution in [1.29, 1.82) is 0 Å². The van der Waals surface area contributed by atoms with Crippen LogP contribution >= 0.6 is 12.2 Å². The van der Waals surface area contributed by atoms with Gasteiger partial charge in [-0.15, -0.1) is 0 Å². The van der Waals surface area contributed by atoms with Crippen molar-refractivity contribution < 1.29 is 4.74 Å². The smallest absolute Gasteiger partial charge is 0.178 e. The molecule has 1 N–H and O–H groups in total. The molecule has 0 amide bonds. The first-order valence-corrected chi connectivity index (χ1v) is 7.52. The molecule has 2 rings (SSSR count). The third kappa shape index (κ3) is 2.75. The summed E-state index contributed by atoms with van der Waals surface area (Å²) in [5, 5.41) is 0. The maximum atomic E-state index is 5.87. The zero-order valence-corrected chi connectivity index (χ0v) is 14.0. The Labute approximate surface area is 126 Å². The summed E-state index contributed by atoms with van der Waals surface area (Å²) in [6, 6.07) is 6.41. The Kier molecular flexibility index (Phi) is 3.96. The van der Waals surface area contributed by atoms with Crippen molar-refractivity contribution >= 4 is 23.3 Å². The molecule has 3 nitrogen and oxygen atoms in total. The summed E-state index contributed by atoms with van der Waals surface area (Å²) in [6.07, 6.45) is 0.144. The average molecular weight is 292 g/mol. The van der Waals surface area contributed by atoms with Crippen molar-refractivity contribution in [2.45, 2.75) is 53.7 Å². The molecule has 1 aromatic carbocycles. The van der Waals surface area contributed by atoms with Crippen molar-refractivity contribution in [2.75, 3.05) is 0 Å². The first-order chi connectivity index (χ1) is 9.21. The van der Waals surface area contributed by atoms with Gasteiger partial charge in [0.1, 0.15) is 11.3 Å². The van der Waals surface area contributed by atoms with Crippen LogP contribution in [-0.4, -0.2) is 15.7 Å². The molecule has 0 aliphatic rings. The number of aromatic nitrogens is 2. The lowest BCUT2D eigenvalue weighted by Gasteiger charge is -2.29. The molecular formula is C16H24N2OS. The minimum Gasteiger partial charge on any atom is -0.489 e. The second-order valence-corrected chi connectivity index (χ2v) is 7.05. The fraction of sp³-hybridized carbons (Fsp3) is 0.562. The highest BCUT2D eigenvalue weighted by molar-refractivity contribution is 7.71. The molecule has 1 atom stereocenters. The maximum absolute atomic E-state index is 5.87. The summed E-state index contributed by atoms with van der Waals surface area (Å²) in [5.74, 6) is 0.864. The summed E-state index contributed by atoms with van der Waals surface area (Å²) in [5.41, 5.74) is 2.24. The van der Waals surface area contributed by atoms with Gasteiger partial charge in [0.15, 0.2) is 4.77 Å². The summed E-state index contributed by atoms with van der Waals surface area (Å²) < 4.78 is 8.81. The number of nitrogens with zero attached hydrogens (tertiary/aromatic N) is 1. The van der Waals surface area contributed by atoms with Crippen LogP contribution in [0.4, 0.5) is 0 Å². The molecule has 4 heteroatoms. The summed E-state index contributed by atoms with van der Waals surface area (Å²) in [4.78, 5) is 3.31. The summed E-state index contributed by atoms with van der Waals surface area (Å²) in [6.45, 7) is 13.0. The van der Waals surface area contributed by atoms with Crippen LogP contribution in [0.3, 0.4) is 0 Å². The number of imidazole rings is 1. The number of aromatic amines is 1. The third-order valence-electron chi connectivity index (χ3n) is 3.72. The van der Waals surface area contributed by atoms with Crippen LogP contribution in [0.15, 0.2) is 18.2 Å². The van der Waals surface area contributed by atoms with Gasteiger partial charge in [-0.05, 0) is 50.5 Å². The number of para-hydroxylation sites is 1. The molecule has 2 aromatic rings. The van der Waals surface area contributed by atoms with Gasteiger partial charge in [0.2, 0.25) is 0 Å². The first kappa shape index (κ1) is 15.1. The predicted octanol–water partition coefficient (Wildman–Crippen LogP) is 5.09. The number of rotatable bonds is 3. The average Bonchev–Trinajstić information content (AvgIpc) is 2.63. The largest absolute Gasteiger partial charge is 0.489 e. The van der Waals surface area contributed by atoms with Crippen LogP contribution in [-0.2, 0) is 0 Å². The SMILES string of the molecule is CC(C)Oc1cccc2c1[nH]c(=S)n2C(C)C(C)(C)C. The number of ether oxygens (including phenoxy) is 1. The second kappa shape index (κ2) is 5.24. The van der Waals surface area contributed by atoms with Crippen molar-refractivity contribution in [3.8, 4) is 5.75 Å². The van der Waals surface area contributed by atoms with Crippen molar-refractivity contribution in [2.24, 2.45) is 5.41 Å². The number of hydrogen-bond donors (Lipinski definition) is 1. The van der Waals surface area contributed by atoms with E-state index >= 15 is 0 Å².